The number of hydrogen-bond donors (Lipinski definition) is 1. The third-order valence-corrected chi connectivity index (χ3v) is 4.93. The zero-order valence-electron chi connectivity index (χ0n) is 10.1. The lowest BCUT2D eigenvalue weighted by Crippen LogP contribution is -2.48. The highest BCUT2D eigenvalue weighted by molar-refractivity contribution is 7.09. The van der Waals surface area contributed by atoms with Crippen LogP contribution >= 0.6 is 11.3 Å². The summed E-state index contributed by atoms with van der Waals surface area (Å²) in [6.45, 7) is 0.637. The standard InChI is InChI=1S/C13H16N2O2S/c16-11-13(6-1-2-7-13)15(12(17)14-11)8-5-10-4-3-9-18-10/h3-4,9H,1-2,5-8H2,(H,14,16,17). The lowest BCUT2D eigenvalue weighted by Gasteiger charge is -2.31. The van der Waals surface area contributed by atoms with Crippen LogP contribution < -0.4 is 5.32 Å². The van der Waals surface area contributed by atoms with Gasteiger partial charge in [0.05, 0.1) is 0 Å². The Morgan fingerprint density at radius 1 is 1.33 bits per heavy atom. The third-order valence-electron chi connectivity index (χ3n) is 4.00. The van der Waals surface area contributed by atoms with Crippen molar-refractivity contribution in [1.82, 2.24) is 10.2 Å². The molecule has 0 unspecified atom stereocenters. The summed E-state index contributed by atoms with van der Waals surface area (Å²) in [5.74, 6) is -0.0869. The van der Waals surface area contributed by atoms with Crippen molar-refractivity contribution in [2.45, 2.75) is 37.6 Å². The molecule has 4 nitrogen and oxygen atoms in total. The number of carbonyl (C=O) groups excluding carboxylic acids is 2. The van der Waals surface area contributed by atoms with E-state index in [2.05, 4.69) is 11.4 Å². The Morgan fingerprint density at radius 2 is 2.11 bits per heavy atom. The number of nitrogens with zero attached hydrogens (tertiary/aromatic N) is 1. The second kappa shape index (κ2) is 4.39. The highest BCUT2D eigenvalue weighted by Crippen LogP contribution is 2.38. The number of hydrogen-bond acceptors (Lipinski definition) is 3. The molecule has 3 rings (SSSR count). The number of rotatable bonds is 3. The minimum Gasteiger partial charge on any atom is -0.309 e. The van der Waals surface area contributed by atoms with Crippen LogP contribution in [0.2, 0.25) is 0 Å². The molecule has 2 aliphatic rings. The summed E-state index contributed by atoms with van der Waals surface area (Å²) < 4.78 is 0. The molecule has 0 aromatic carbocycles. The summed E-state index contributed by atoms with van der Waals surface area (Å²) >= 11 is 1.70. The van der Waals surface area contributed by atoms with Crippen LogP contribution in [-0.4, -0.2) is 28.9 Å². The van der Waals surface area contributed by atoms with Crippen molar-refractivity contribution in [3.05, 3.63) is 22.4 Å². The smallest absolute Gasteiger partial charge is 0.309 e. The van der Waals surface area contributed by atoms with Gasteiger partial charge in [-0.3, -0.25) is 10.1 Å². The zero-order chi connectivity index (χ0) is 12.6. The zero-order valence-corrected chi connectivity index (χ0v) is 11.0. The fourth-order valence-electron chi connectivity index (χ4n) is 3.05. The van der Waals surface area contributed by atoms with Crippen LogP contribution in [0.3, 0.4) is 0 Å². The Labute approximate surface area is 110 Å². The highest BCUT2D eigenvalue weighted by atomic mass is 32.1. The molecule has 0 radical (unpaired) electrons. The molecule has 0 bridgehead atoms. The number of thiophene rings is 1. The largest absolute Gasteiger partial charge is 0.325 e. The molecule has 0 atom stereocenters. The Balaban J connectivity index is 1.76. The van der Waals surface area contributed by atoms with E-state index in [0.717, 1.165) is 32.1 Å². The van der Waals surface area contributed by atoms with E-state index in [1.165, 1.54) is 4.88 Å². The fraction of sp³-hybridized carbons (Fsp3) is 0.538. The molecule has 1 spiro atoms. The summed E-state index contributed by atoms with van der Waals surface area (Å²) in [6, 6.07) is 3.88. The molecule has 18 heavy (non-hydrogen) atoms. The number of imide groups is 1. The van der Waals surface area contributed by atoms with Crippen molar-refractivity contribution >= 4 is 23.3 Å². The number of amides is 3. The van der Waals surface area contributed by atoms with Gasteiger partial charge in [-0.25, -0.2) is 4.79 Å². The van der Waals surface area contributed by atoms with E-state index in [4.69, 9.17) is 0 Å². The summed E-state index contributed by atoms with van der Waals surface area (Å²) in [4.78, 5) is 26.9. The quantitative estimate of drug-likeness (QED) is 0.850. The maximum Gasteiger partial charge on any atom is 0.325 e. The summed E-state index contributed by atoms with van der Waals surface area (Å²) in [6.07, 6.45) is 4.54. The van der Waals surface area contributed by atoms with E-state index < -0.39 is 5.54 Å². The molecule has 96 valence electrons. The first-order valence-corrected chi connectivity index (χ1v) is 7.26. The molecule has 5 heteroatoms. The first-order valence-electron chi connectivity index (χ1n) is 6.38. The SMILES string of the molecule is O=C1NC(=O)C2(CCCC2)N1CCc1cccs1. The average Bonchev–Trinajstić information content (AvgIpc) is 3.02. The molecule has 1 saturated heterocycles. The molecule has 1 aliphatic carbocycles. The second-order valence-electron chi connectivity index (χ2n) is 4.98. The second-order valence-corrected chi connectivity index (χ2v) is 6.01. The molecule has 1 aromatic heterocycles. The van der Waals surface area contributed by atoms with Crippen LogP contribution in [0.4, 0.5) is 4.79 Å². The van der Waals surface area contributed by atoms with Crippen molar-refractivity contribution in [3.8, 4) is 0 Å². The molecule has 1 N–H and O–H groups in total. The van der Waals surface area contributed by atoms with Gasteiger partial charge in [0.1, 0.15) is 5.54 Å². The van der Waals surface area contributed by atoms with Gasteiger partial charge in [-0.1, -0.05) is 18.9 Å². The van der Waals surface area contributed by atoms with Crippen LogP contribution in [0.15, 0.2) is 17.5 Å². The lowest BCUT2D eigenvalue weighted by atomic mass is 9.96. The van der Waals surface area contributed by atoms with Crippen molar-refractivity contribution in [2.75, 3.05) is 6.54 Å². The van der Waals surface area contributed by atoms with E-state index in [9.17, 15) is 9.59 Å². The molecule has 1 aliphatic heterocycles. The summed E-state index contributed by atoms with van der Waals surface area (Å²) in [5.41, 5.74) is -0.533. The van der Waals surface area contributed by atoms with Gasteiger partial charge < -0.3 is 4.90 Å². The van der Waals surface area contributed by atoms with Crippen molar-refractivity contribution < 1.29 is 9.59 Å². The molecule has 1 aromatic rings. The van der Waals surface area contributed by atoms with E-state index >= 15 is 0 Å². The van der Waals surface area contributed by atoms with Gasteiger partial charge in [-0.15, -0.1) is 11.3 Å². The van der Waals surface area contributed by atoms with Crippen molar-refractivity contribution in [2.24, 2.45) is 0 Å². The topological polar surface area (TPSA) is 49.4 Å². The molecule has 2 heterocycles. The summed E-state index contributed by atoms with van der Waals surface area (Å²) in [5, 5.41) is 4.52. The van der Waals surface area contributed by atoms with Gasteiger partial charge in [0.15, 0.2) is 0 Å². The molecule has 2 fully saturated rings. The number of carbonyl (C=O) groups is 2. The molecular formula is C13H16N2O2S. The van der Waals surface area contributed by atoms with Gasteiger partial charge in [-0.2, -0.15) is 0 Å². The molecular weight excluding hydrogens is 248 g/mol. The predicted octanol–water partition coefficient (Wildman–Crippen LogP) is 2.16. The van der Waals surface area contributed by atoms with Crippen LogP contribution in [0, 0.1) is 0 Å². The van der Waals surface area contributed by atoms with Crippen molar-refractivity contribution in [3.63, 3.8) is 0 Å². The first kappa shape index (κ1) is 11.7. The van der Waals surface area contributed by atoms with Gasteiger partial charge in [-0.05, 0) is 30.7 Å². The van der Waals surface area contributed by atoms with E-state index in [1.807, 2.05) is 11.4 Å². The van der Waals surface area contributed by atoms with Crippen LogP contribution in [0.1, 0.15) is 30.6 Å². The maximum absolute atomic E-state index is 12.0. The Hall–Kier alpha value is -1.36. The number of urea groups is 1. The van der Waals surface area contributed by atoms with E-state index in [-0.39, 0.29) is 11.9 Å². The Morgan fingerprint density at radius 3 is 2.78 bits per heavy atom. The monoisotopic (exact) mass is 264 g/mol. The minimum atomic E-state index is -0.533. The van der Waals surface area contributed by atoms with Gasteiger partial charge >= 0.3 is 6.03 Å². The van der Waals surface area contributed by atoms with Crippen LogP contribution in [-0.2, 0) is 11.2 Å². The maximum atomic E-state index is 12.0. The Kier molecular flexibility index (Phi) is 2.86. The average molecular weight is 264 g/mol. The third kappa shape index (κ3) is 1.73. The molecule has 3 amide bonds. The number of nitrogens with one attached hydrogen (secondary N) is 1. The van der Waals surface area contributed by atoms with Crippen molar-refractivity contribution in [1.29, 1.82) is 0 Å². The fourth-order valence-corrected chi connectivity index (χ4v) is 3.75. The summed E-state index contributed by atoms with van der Waals surface area (Å²) in [7, 11) is 0. The van der Waals surface area contributed by atoms with Gasteiger partial charge in [0, 0.05) is 11.4 Å². The van der Waals surface area contributed by atoms with Crippen LogP contribution in [0.25, 0.3) is 0 Å². The lowest BCUT2D eigenvalue weighted by molar-refractivity contribution is -0.126. The highest BCUT2D eigenvalue weighted by Gasteiger charge is 2.53. The Bertz CT molecular complexity index is 463. The van der Waals surface area contributed by atoms with Crippen LogP contribution in [0.5, 0.6) is 0 Å². The van der Waals surface area contributed by atoms with E-state index in [0.29, 0.717) is 6.54 Å². The normalized spacial score (nSPS) is 21.9. The minimum absolute atomic E-state index is 0.0869. The molecule has 1 saturated carbocycles. The van der Waals surface area contributed by atoms with Gasteiger partial charge in [0.25, 0.3) is 5.91 Å². The first-order chi connectivity index (χ1) is 8.72. The van der Waals surface area contributed by atoms with E-state index in [1.54, 1.807) is 16.2 Å². The van der Waals surface area contributed by atoms with Gasteiger partial charge in [0.2, 0.25) is 0 Å². The predicted molar refractivity (Wildman–Crippen MR) is 69.5 cm³/mol.